The van der Waals surface area contributed by atoms with Gasteiger partial charge in [-0.1, -0.05) is 0 Å². The van der Waals surface area contributed by atoms with E-state index < -0.39 is 11.8 Å². The molecule has 0 aromatic carbocycles. The summed E-state index contributed by atoms with van der Waals surface area (Å²) in [5.41, 5.74) is 1.81. The zero-order chi connectivity index (χ0) is 11.1. The summed E-state index contributed by atoms with van der Waals surface area (Å²) in [6, 6.07) is -0.144. The number of carbonyl (C=O) groups is 2. The first-order valence-corrected chi connectivity index (χ1v) is 4.38. The average Bonchev–Trinajstić information content (AvgIpc) is 2.18. The molecule has 0 radical (unpaired) electrons. The van der Waals surface area contributed by atoms with Crippen molar-refractivity contribution >= 4 is 11.8 Å². The van der Waals surface area contributed by atoms with Crippen molar-refractivity contribution in [3.63, 3.8) is 0 Å². The van der Waals surface area contributed by atoms with Crippen LogP contribution in [0.15, 0.2) is 0 Å². The molecule has 0 bridgehead atoms. The maximum atomic E-state index is 11.4. The normalized spacial score (nSPS) is 12.0. The third-order valence-corrected chi connectivity index (χ3v) is 1.87. The highest BCUT2D eigenvalue weighted by atomic mass is 16.5. The second kappa shape index (κ2) is 6.33. The van der Waals surface area contributed by atoms with Gasteiger partial charge in [0.05, 0.1) is 12.6 Å². The predicted molar refractivity (Wildman–Crippen MR) is 51.1 cm³/mol. The van der Waals surface area contributed by atoms with Crippen molar-refractivity contribution in [3.05, 3.63) is 0 Å². The van der Waals surface area contributed by atoms with Crippen molar-refractivity contribution in [1.29, 1.82) is 0 Å². The lowest BCUT2D eigenvalue weighted by Crippen LogP contribution is -2.49. The second-order valence-corrected chi connectivity index (χ2v) is 2.87. The van der Waals surface area contributed by atoms with Crippen LogP contribution >= 0.6 is 0 Å². The van der Waals surface area contributed by atoms with Gasteiger partial charge in [0.15, 0.2) is 0 Å². The summed E-state index contributed by atoms with van der Waals surface area (Å²) in [5, 5.41) is 0. The first kappa shape index (κ1) is 12.9. The Morgan fingerprint density at radius 2 is 2.14 bits per heavy atom. The van der Waals surface area contributed by atoms with E-state index in [1.54, 1.807) is 19.3 Å². The largest absolute Gasteiger partial charge is 0.383 e. The summed E-state index contributed by atoms with van der Waals surface area (Å²) in [4.78, 5) is 23.7. The number of nitrogens with two attached hydrogens (primary N) is 1. The molecule has 0 fully saturated rings. The number of hydrazine groups is 1. The molecule has 2 amide bonds. The molecule has 0 saturated carbocycles. The Balaban J connectivity index is 4.39. The van der Waals surface area contributed by atoms with Crippen molar-refractivity contribution in [3.8, 4) is 0 Å². The maximum Gasteiger partial charge on any atom is 0.323 e. The number of ether oxygens (including phenoxy) is 1. The minimum atomic E-state index is -0.810. The summed E-state index contributed by atoms with van der Waals surface area (Å²) in [6.07, 6.45) is 0. The highest BCUT2D eigenvalue weighted by Gasteiger charge is 2.23. The molecule has 14 heavy (non-hydrogen) atoms. The number of nitrogens with zero attached hydrogens (tertiary/aromatic N) is 1. The summed E-state index contributed by atoms with van der Waals surface area (Å²) >= 11 is 0. The van der Waals surface area contributed by atoms with Gasteiger partial charge < -0.3 is 9.64 Å². The van der Waals surface area contributed by atoms with E-state index in [1.165, 1.54) is 12.0 Å². The smallest absolute Gasteiger partial charge is 0.323 e. The highest BCUT2D eigenvalue weighted by Crippen LogP contribution is 1.99. The number of methoxy groups -OCH3 is 1. The topological polar surface area (TPSA) is 84.7 Å². The molecular weight excluding hydrogens is 186 g/mol. The predicted octanol–water partition coefficient (Wildman–Crippen LogP) is -1.14. The average molecular weight is 203 g/mol. The fraction of sp³-hybridized carbons (Fsp3) is 0.750. The van der Waals surface area contributed by atoms with Crippen molar-refractivity contribution < 1.29 is 14.3 Å². The van der Waals surface area contributed by atoms with Gasteiger partial charge in [0.1, 0.15) is 0 Å². The number of rotatable bonds is 4. The van der Waals surface area contributed by atoms with E-state index in [0.717, 1.165) is 0 Å². The molecule has 0 aliphatic rings. The third kappa shape index (κ3) is 3.31. The molecule has 6 heteroatoms. The Morgan fingerprint density at radius 1 is 1.57 bits per heavy atom. The monoisotopic (exact) mass is 203 g/mol. The SMILES string of the molecule is CCN(C(=O)C(=O)NN)C(C)COC. The van der Waals surface area contributed by atoms with Crippen LogP contribution in [0.3, 0.4) is 0 Å². The third-order valence-electron chi connectivity index (χ3n) is 1.87. The van der Waals surface area contributed by atoms with Crippen LogP contribution in [0.5, 0.6) is 0 Å². The molecule has 1 unspecified atom stereocenters. The molecule has 0 aromatic rings. The second-order valence-electron chi connectivity index (χ2n) is 2.87. The van der Waals surface area contributed by atoms with Gasteiger partial charge in [-0.2, -0.15) is 0 Å². The number of nitrogens with one attached hydrogen (secondary N) is 1. The van der Waals surface area contributed by atoms with E-state index in [2.05, 4.69) is 0 Å². The molecule has 6 nitrogen and oxygen atoms in total. The van der Waals surface area contributed by atoms with Crippen LogP contribution in [0.25, 0.3) is 0 Å². The molecule has 0 saturated heterocycles. The number of amides is 2. The van der Waals surface area contributed by atoms with Gasteiger partial charge in [0, 0.05) is 13.7 Å². The van der Waals surface area contributed by atoms with Crippen LogP contribution in [-0.4, -0.2) is 43.0 Å². The van der Waals surface area contributed by atoms with Crippen LogP contribution in [0, 0.1) is 0 Å². The zero-order valence-corrected chi connectivity index (χ0v) is 8.74. The summed E-state index contributed by atoms with van der Waals surface area (Å²) in [5.74, 6) is 3.41. The molecule has 0 heterocycles. The van der Waals surface area contributed by atoms with Gasteiger partial charge in [-0.3, -0.25) is 15.0 Å². The Bertz CT molecular complexity index is 208. The highest BCUT2D eigenvalue weighted by molar-refractivity contribution is 6.34. The van der Waals surface area contributed by atoms with Gasteiger partial charge in [0.25, 0.3) is 0 Å². The van der Waals surface area contributed by atoms with Crippen LogP contribution in [0.1, 0.15) is 13.8 Å². The van der Waals surface area contributed by atoms with Gasteiger partial charge >= 0.3 is 11.8 Å². The summed E-state index contributed by atoms with van der Waals surface area (Å²) in [7, 11) is 1.54. The number of hydrogen-bond donors (Lipinski definition) is 2. The Labute approximate surface area is 83.4 Å². The number of hydrogen-bond acceptors (Lipinski definition) is 4. The van der Waals surface area contributed by atoms with Crippen molar-refractivity contribution in [2.45, 2.75) is 19.9 Å². The lowest BCUT2D eigenvalue weighted by Gasteiger charge is -2.26. The minimum Gasteiger partial charge on any atom is -0.383 e. The summed E-state index contributed by atoms with van der Waals surface area (Å²) < 4.78 is 4.89. The molecule has 0 aliphatic carbocycles. The van der Waals surface area contributed by atoms with E-state index in [-0.39, 0.29) is 6.04 Å². The van der Waals surface area contributed by atoms with Crippen molar-refractivity contribution in [1.82, 2.24) is 10.3 Å². The molecule has 0 rings (SSSR count). The van der Waals surface area contributed by atoms with Crippen LogP contribution in [0.4, 0.5) is 0 Å². The van der Waals surface area contributed by atoms with Gasteiger partial charge in [-0.05, 0) is 13.8 Å². The van der Waals surface area contributed by atoms with Crippen molar-refractivity contribution in [2.24, 2.45) is 5.84 Å². The fourth-order valence-corrected chi connectivity index (χ4v) is 1.18. The molecule has 3 N–H and O–H groups in total. The fourth-order valence-electron chi connectivity index (χ4n) is 1.18. The van der Waals surface area contributed by atoms with E-state index in [9.17, 15) is 9.59 Å². The van der Waals surface area contributed by atoms with Gasteiger partial charge in [0.2, 0.25) is 0 Å². The Kier molecular flexibility index (Phi) is 5.82. The van der Waals surface area contributed by atoms with Crippen LogP contribution in [-0.2, 0) is 14.3 Å². The summed E-state index contributed by atoms with van der Waals surface area (Å²) in [6.45, 7) is 4.41. The molecule has 1 atom stereocenters. The van der Waals surface area contributed by atoms with Crippen molar-refractivity contribution in [2.75, 3.05) is 20.3 Å². The standard InChI is InChI=1S/C8H17N3O3/c1-4-11(6(2)5-14-3)8(13)7(12)10-9/h6H,4-5,9H2,1-3H3,(H,10,12). The zero-order valence-electron chi connectivity index (χ0n) is 8.74. The number of carbonyl (C=O) groups excluding carboxylic acids is 2. The quantitative estimate of drug-likeness (QED) is 0.262. The van der Waals surface area contributed by atoms with Crippen LogP contribution in [0.2, 0.25) is 0 Å². The molecule has 0 spiro atoms. The minimum absolute atomic E-state index is 0.144. The van der Waals surface area contributed by atoms with Gasteiger partial charge in [-0.15, -0.1) is 0 Å². The Morgan fingerprint density at radius 3 is 2.50 bits per heavy atom. The van der Waals surface area contributed by atoms with E-state index in [0.29, 0.717) is 13.2 Å². The van der Waals surface area contributed by atoms with E-state index in [1.807, 2.05) is 0 Å². The van der Waals surface area contributed by atoms with Gasteiger partial charge in [-0.25, -0.2) is 5.84 Å². The first-order chi connectivity index (χ1) is 6.58. The molecule has 0 aliphatic heterocycles. The first-order valence-electron chi connectivity index (χ1n) is 4.38. The lowest BCUT2D eigenvalue weighted by atomic mass is 10.3. The lowest BCUT2D eigenvalue weighted by molar-refractivity contribution is -0.147. The van der Waals surface area contributed by atoms with E-state index >= 15 is 0 Å². The number of likely N-dealkylation sites (N-methyl/N-ethyl adjacent to an activating group) is 1. The molecule has 0 aromatic heterocycles. The maximum absolute atomic E-state index is 11.4. The van der Waals surface area contributed by atoms with E-state index in [4.69, 9.17) is 10.6 Å². The molecular formula is C8H17N3O3. The Hall–Kier alpha value is -1.14. The molecule has 82 valence electrons. The van der Waals surface area contributed by atoms with Crippen LogP contribution < -0.4 is 11.3 Å².